The highest BCUT2D eigenvalue weighted by atomic mass is 16.6. The summed E-state index contributed by atoms with van der Waals surface area (Å²) in [7, 11) is 1.63. The maximum Gasteiger partial charge on any atom is 0.412 e. The van der Waals surface area contributed by atoms with E-state index in [-0.39, 0.29) is 17.9 Å². The van der Waals surface area contributed by atoms with E-state index < -0.39 is 11.7 Å². The van der Waals surface area contributed by atoms with Gasteiger partial charge in [0.2, 0.25) is 5.91 Å². The van der Waals surface area contributed by atoms with Gasteiger partial charge in [-0.1, -0.05) is 12.1 Å². The van der Waals surface area contributed by atoms with Crippen molar-refractivity contribution in [2.75, 3.05) is 23.9 Å². The molecule has 3 atom stereocenters. The number of carbonyl (C=O) groups excluding carboxylic acids is 2. The lowest BCUT2D eigenvalue weighted by Crippen LogP contribution is -2.29. The van der Waals surface area contributed by atoms with E-state index in [2.05, 4.69) is 15.4 Å². The molecule has 1 saturated carbocycles. The number of nitrogens with one attached hydrogen (secondary N) is 1. The highest BCUT2D eigenvalue weighted by molar-refractivity contribution is 6.00. The second-order valence-electron chi connectivity index (χ2n) is 10.8. The van der Waals surface area contributed by atoms with Crippen LogP contribution in [0.4, 0.5) is 16.3 Å². The summed E-state index contributed by atoms with van der Waals surface area (Å²) >= 11 is 0. The summed E-state index contributed by atoms with van der Waals surface area (Å²) in [5.74, 6) is 2.50. The molecule has 1 aromatic carbocycles. The molecule has 2 amide bonds. The lowest BCUT2D eigenvalue weighted by Gasteiger charge is -2.22. The Balaban J connectivity index is 1.35. The van der Waals surface area contributed by atoms with Crippen molar-refractivity contribution in [2.24, 2.45) is 11.8 Å². The molecule has 1 aliphatic heterocycles. The summed E-state index contributed by atoms with van der Waals surface area (Å²) in [6.07, 6.45) is 5.47. The Morgan fingerprint density at radius 1 is 1.21 bits per heavy atom. The summed E-state index contributed by atoms with van der Waals surface area (Å²) in [6.45, 7) is 8.39. The number of rotatable bonds is 8. The van der Waals surface area contributed by atoms with E-state index in [4.69, 9.17) is 14.2 Å². The molecule has 10 heteroatoms. The summed E-state index contributed by atoms with van der Waals surface area (Å²) in [5, 5.41) is 7.12. The number of anilines is 2. The Morgan fingerprint density at radius 3 is 2.63 bits per heavy atom. The van der Waals surface area contributed by atoms with Crippen molar-refractivity contribution in [1.82, 2.24) is 14.8 Å². The van der Waals surface area contributed by atoms with E-state index in [0.717, 1.165) is 23.3 Å². The number of nitrogens with zero attached hydrogens (tertiary/aromatic N) is 4. The number of ether oxygens (including phenoxy) is 3. The molecule has 1 saturated heterocycles. The van der Waals surface area contributed by atoms with Crippen molar-refractivity contribution >= 4 is 23.5 Å². The normalized spacial score (nSPS) is 19.1. The first-order valence-corrected chi connectivity index (χ1v) is 12.7. The largest absolute Gasteiger partial charge is 0.497 e. The molecule has 1 aliphatic carbocycles. The van der Waals surface area contributed by atoms with Crippen molar-refractivity contribution in [3.8, 4) is 11.5 Å². The molecule has 2 aliphatic rings. The van der Waals surface area contributed by atoms with Crippen molar-refractivity contribution < 1.29 is 23.8 Å². The first kappa shape index (κ1) is 25.6. The minimum Gasteiger partial charge on any atom is -0.497 e. The second-order valence-corrected chi connectivity index (χ2v) is 10.8. The van der Waals surface area contributed by atoms with Gasteiger partial charge in [0.15, 0.2) is 11.6 Å². The van der Waals surface area contributed by atoms with Gasteiger partial charge in [0, 0.05) is 24.9 Å². The van der Waals surface area contributed by atoms with E-state index in [1.165, 1.54) is 0 Å². The van der Waals surface area contributed by atoms with Gasteiger partial charge in [-0.2, -0.15) is 5.10 Å². The monoisotopic (exact) mass is 519 g/mol. The molecule has 0 spiro atoms. The molecule has 2 fully saturated rings. The van der Waals surface area contributed by atoms with Crippen LogP contribution in [0.25, 0.3) is 0 Å². The van der Waals surface area contributed by atoms with Crippen LogP contribution in [0.15, 0.2) is 48.9 Å². The molecular formula is C28H33N5O5. The minimum absolute atomic E-state index is 0.113. The zero-order valence-corrected chi connectivity index (χ0v) is 22.3. The van der Waals surface area contributed by atoms with Crippen LogP contribution in [0.5, 0.6) is 11.5 Å². The van der Waals surface area contributed by atoms with Crippen LogP contribution in [0, 0.1) is 11.8 Å². The minimum atomic E-state index is -0.597. The lowest BCUT2D eigenvalue weighted by atomic mass is 10.1. The highest BCUT2D eigenvalue weighted by Gasteiger charge is 2.53. The maximum atomic E-state index is 12.8. The van der Waals surface area contributed by atoms with Crippen LogP contribution in [0.1, 0.15) is 51.3 Å². The second kappa shape index (κ2) is 10.00. The molecule has 1 N–H and O–H groups in total. The van der Waals surface area contributed by atoms with Crippen LogP contribution < -0.4 is 19.7 Å². The van der Waals surface area contributed by atoms with Crippen LogP contribution >= 0.6 is 0 Å². The predicted octanol–water partition coefficient (Wildman–Crippen LogP) is 4.80. The van der Waals surface area contributed by atoms with Gasteiger partial charge in [0.05, 0.1) is 25.0 Å². The van der Waals surface area contributed by atoms with Gasteiger partial charge >= 0.3 is 6.09 Å². The third-order valence-corrected chi connectivity index (χ3v) is 6.71. The zero-order valence-electron chi connectivity index (χ0n) is 22.3. The number of fused-ring (bicyclic) bond motifs is 1. The molecule has 3 aromatic rings. The molecule has 10 nitrogen and oxygen atoms in total. The van der Waals surface area contributed by atoms with Crippen molar-refractivity contribution in [1.29, 1.82) is 0 Å². The first-order chi connectivity index (χ1) is 18.1. The molecular weight excluding hydrogens is 486 g/mol. The molecule has 0 radical (unpaired) electrons. The van der Waals surface area contributed by atoms with Crippen molar-refractivity contribution in [2.45, 2.75) is 52.4 Å². The molecule has 3 heterocycles. The van der Waals surface area contributed by atoms with Gasteiger partial charge in [-0.15, -0.1) is 0 Å². The number of hydrogen-bond acceptors (Lipinski definition) is 7. The molecule has 0 bridgehead atoms. The summed E-state index contributed by atoms with van der Waals surface area (Å²) in [5.41, 5.74) is 1.74. The van der Waals surface area contributed by atoms with Gasteiger partial charge in [-0.05, 0) is 69.4 Å². The van der Waals surface area contributed by atoms with Crippen LogP contribution in [0.2, 0.25) is 0 Å². The van der Waals surface area contributed by atoms with Crippen LogP contribution in [-0.4, -0.2) is 46.0 Å². The quantitative estimate of drug-likeness (QED) is 0.455. The summed E-state index contributed by atoms with van der Waals surface area (Å²) in [4.78, 5) is 31.4. The van der Waals surface area contributed by atoms with E-state index in [1.54, 1.807) is 35.3 Å². The van der Waals surface area contributed by atoms with Gasteiger partial charge in [0.25, 0.3) is 0 Å². The average Bonchev–Trinajstić information content (AvgIpc) is 3.38. The topological polar surface area (TPSA) is 108 Å². The molecule has 5 rings (SSSR count). The number of pyridine rings is 1. The molecule has 200 valence electrons. The van der Waals surface area contributed by atoms with E-state index in [0.29, 0.717) is 36.3 Å². The predicted molar refractivity (Wildman–Crippen MR) is 141 cm³/mol. The fourth-order valence-electron chi connectivity index (χ4n) is 4.53. The maximum absolute atomic E-state index is 12.8. The Kier molecular flexibility index (Phi) is 6.73. The Morgan fingerprint density at radius 2 is 1.97 bits per heavy atom. The number of aromatic nitrogens is 3. The fourth-order valence-corrected chi connectivity index (χ4v) is 4.53. The average molecular weight is 520 g/mol. The van der Waals surface area contributed by atoms with Gasteiger partial charge < -0.3 is 14.2 Å². The zero-order chi connectivity index (χ0) is 27.0. The SMILES string of the molecule is COc1ccc(COc2cc(C(C)n3cc(NC(=O)OC(C)(C)C)cn3)cnc2N2C[C@H]3C[C@H]3C2=O)cc1. The third kappa shape index (κ3) is 5.58. The number of piperidine rings is 1. The third-order valence-electron chi connectivity index (χ3n) is 6.71. The lowest BCUT2D eigenvalue weighted by molar-refractivity contribution is -0.118. The molecule has 38 heavy (non-hydrogen) atoms. The fraction of sp³-hybridized carbons (Fsp3) is 0.429. The summed E-state index contributed by atoms with van der Waals surface area (Å²) < 4.78 is 18.5. The number of benzene rings is 1. The Bertz CT molecular complexity index is 1330. The Labute approximate surface area is 221 Å². The van der Waals surface area contributed by atoms with Gasteiger partial charge in [0.1, 0.15) is 18.0 Å². The van der Waals surface area contributed by atoms with E-state index >= 15 is 0 Å². The number of amides is 2. The highest BCUT2D eigenvalue weighted by Crippen LogP contribution is 2.48. The van der Waals surface area contributed by atoms with Gasteiger partial charge in [-0.3, -0.25) is 19.7 Å². The van der Waals surface area contributed by atoms with Gasteiger partial charge in [-0.25, -0.2) is 9.78 Å². The standard InChI is InChI=1S/C28H33N5O5/c1-17(33-15-21(13-30-33)31-27(35)38-28(2,3)4)19-11-24(37-16-18-6-8-22(36-5)9-7-18)25(29-12-19)32-14-20-10-23(20)26(32)34/h6-9,11-13,15,17,20,23H,10,14,16H2,1-5H3,(H,31,35)/t17?,20-,23-/m1/s1. The number of methoxy groups -OCH3 is 1. The van der Waals surface area contributed by atoms with Crippen molar-refractivity contribution in [3.05, 3.63) is 60.0 Å². The molecule has 2 aromatic heterocycles. The van der Waals surface area contributed by atoms with Crippen LogP contribution in [-0.2, 0) is 16.1 Å². The number of hydrogen-bond donors (Lipinski definition) is 1. The Hall–Kier alpha value is -4.08. The van der Waals surface area contributed by atoms with Crippen LogP contribution in [0.3, 0.4) is 0 Å². The van der Waals surface area contributed by atoms with E-state index in [9.17, 15) is 9.59 Å². The first-order valence-electron chi connectivity index (χ1n) is 12.7. The van der Waals surface area contributed by atoms with Crippen molar-refractivity contribution in [3.63, 3.8) is 0 Å². The summed E-state index contributed by atoms with van der Waals surface area (Å²) in [6, 6.07) is 9.35. The van der Waals surface area contributed by atoms with E-state index in [1.807, 2.05) is 58.0 Å². The number of carbonyl (C=O) groups is 2. The smallest absolute Gasteiger partial charge is 0.412 e. The molecule has 1 unspecified atom stereocenters.